The van der Waals surface area contributed by atoms with Crippen LogP contribution in [0.3, 0.4) is 0 Å². The molecule has 30 heavy (non-hydrogen) atoms. The summed E-state index contributed by atoms with van der Waals surface area (Å²) in [6.07, 6.45) is 34.3. The Morgan fingerprint density at radius 1 is 0.567 bits per heavy atom. The topological polar surface area (TPSA) is 8.81 Å². The summed E-state index contributed by atoms with van der Waals surface area (Å²) in [6, 6.07) is 0. The highest BCUT2D eigenvalue weighted by molar-refractivity contribution is 4.84. The van der Waals surface area contributed by atoms with Crippen LogP contribution >= 0.6 is 0 Å². The zero-order chi connectivity index (χ0) is 21.7. The van der Waals surface area contributed by atoms with E-state index in [-0.39, 0.29) is 0 Å². The predicted molar refractivity (Wildman–Crippen MR) is 133 cm³/mol. The molecule has 2 nitrogen and oxygen atoms in total. The van der Waals surface area contributed by atoms with Crippen LogP contribution in [0.4, 0.5) is 0 Å². The Hall–Kier alpha value is -0.790. The summed E-state index contributed by atoms with van der Waals surface area (Å²) < 4.78 is 4.84. The molecule has 0 saturated carbocycles. The van der Waals surface area contributed by atoms with Crippen molar-refractivity contribution in [2.75, 3.05) is 0 Å². The highest BCUT2D eigenvalue weighted by atomic mass is 15.1. The lowest BCUT2D eigenvalue weighted by Crippen LogP contribution is -2.32. The van der Waals surface area contributed by atoms with Crippen LogP contribution in [0.1, 0.15) is 148 Å². The molecule has 0 saturated heterocycles. The van der Waals surface area contributed by atoms with E-state index >= 15 is 0 Å². The molecule has 0 aromatic carbocycles. The van der Waals surface area contributed by atoms with Gasteiger partial charge in [-0.3, -0.25) is 0 Å². The van der Waals surface area contributed by atoms with Crippen molar-refractivity contribution in [3.8, 4) is 0 Å². The molecule has 0 aliphatic carbocycles. The number of nitrogens with zero attached hydrogens (tertiary/aromatic N) is 2. The third-order valence-electron chi connectivity index (χ3n) is 6.72. The number of unbranched alkanes of at least 4 members (excludes halogenated alkanes) is 18. The molecule has 2 heteroatoms. The Bertz CT molecular complexity index is 477. The fraction of sp³-hybridized carbons (Fsp3) is 0.893. The number of hydrogen-bond donors (Lipinski definition) is 0. The fourth-order valence-electron chi connectivity index (χ4n) is 4.62. The summed E-state index contributed by atoms with van der Waals surface area (Å²) in [5, 5.41) is 0. The standard InChI is InChI=1S/C28H55N2/c1-4-6-8-10-11-12-13-14-15-16-17-18-19-20-21-22-24-28-29(3)26-27-30(28)25-23-9-7-5-2/h26-27H,4-25H2,1-3H3/q+1. The second-order valence-electron chi connectivity index (χ2n) is 9.63. The van der Waals surface area contributed by atoms with Crippen molar-refractivity contribution in [3.05, 3.63) is 18.2 Å². The maximum atomic E-state index is 2.50. The number of hydrogen-bond acceptors (Lipinski definition) is 0. The second kappa shape index (κ2) is 20.1. The van der Waals surface area contributed by atoms with Gasteiger partial charge in [0.2, 0.25) is 0 Å². The van der Waals surface area contributed by atoms with Crippen molar-refractivity contribution in [1.29, 1.82) is 0 Å². The van der Waals surface area contributed by atoms with Crippen molar-refractivity contribution in [1.82, 2.24) is 4.57 Å². The third kappa shape index (κ3) is 14.3. The first-order valence-corrected chi connectivity index (χ1v) is 13.8. The first kappa shape index (κ1) is 27.2. The molecule has 0 amide bonds. The van der Waals surface area contributed by atoms with E-state index in [2.05, 4.69) is 42.4 Å². The van der Waals surface area contributed by atoms with E-state index in [1.807, 2.05) is 0 Å². The minimum absolute atomic E-state index is 1.20. The highest BCUT2D eigenvalue weighted by Gasteiger charge is 2.13. The van der Waals surface area contributed by atoms with Gasteiger partial charge in [-0.2, -0.15) is 0 Å². The van der Waals surface area contributed by atoms with Gasteiger partial charge in [-0.1, -0.05) is 123 Å². The van der Waals surface area contributed by atoms with Crippen LogP contribution in [-0.4, -0.2) is 4.57 Å². The summed E-state index contributed by atoms with van der Waals surface area (Å²) in [6.45, 7) is 5.79. The van der Waals surface area contributed by atoms with Gasteiger partial charge >= 0.3 is 0 Å². The molecule has 1 aromatic rings. The molecule has 0 atom stereocenters. The minimum Gasteiger partial charge on any atom is -0.237 e. The summed E-state index contributed by atoms with van der Waals surface area (Å²) in [5.74, 6) is 1.52. The summed E-state index contributed by atoms with van der Waals surface area (Å²) in [4.78, 5) is 0. The molecule has 1 aromatic heterocycles. The molecule has 0 aliphatic rings. The van der Waals surface area contributed by atoms with Gasteiger partial charge < -0.3 is 0 Å². The zero-order valence-electron chi connectivity index (χ0n) is 21.1. The van der Waals surface area contributed by atoms with Crippen LogP contribution in [0.2, 0.25) is 0 Å². The zero-order valence-corrected chi connectivity index (χ0v) is 21.1. The highest BCUT2D eigenvalue weighted by Crippen LogP contribution is 2.14. The lowest BCUT2D eigenvalue weighted by molar-refractivity contribution is -0.678. The van der Waals surface area contributed by atoms with Crippen molar-refractivity contribution in [2.24, 2.45) is 7.05 Å². The van der Waals surface area contributed by atoms with Gasteiger partial charge in [0.25, 0.3) is 5.82 Å². The summed E-state index contributed by atoms with van der Waals surface area (Å²) >= 11 is 0. The molecule has 0 spiro atoms. The summed E-state index contributed by atoms with van der Waals surface area (Å²) in [7, 11) is 2.21. The smallest absolute Gasteiger partial charge is 0.237 e. The Kier molecular flexibility index (Phi) is 18.3. The van der Waals surface area contributed by atoms with Crippen LogP contribution in [-0.2, 0) is 20.0 Å². The Morgan fingerprint density at radius 2 is 0.967 bits per heavy atom. The van der Waals surface area contributed by atoms with E-state index in [4.69, 9.17) is 0 Å². The van der Waals surface area contributed by atoms with Gasteiger partial charge in [0.15, 0.2) is 0 Å². The first-order chi connectivity index (χ1) is 14.8. The SMILES string of the molecule is CCCCCCCCCCCCCCCCCCc1n(CCCCCC)cc[n+]1C. The lowest BCUT2D eigenvalue weighted by atomic mass is 10.0. The monoisotopic (exact) mass is 419 g/mol. The average molecular weight is 420 g/mol. The molecule has 0 unspecified atom stereocenters. The van der Waals surface area contributed by atoms with E-state index in [1.54, 1.807) is 0 Å². The predicted octanol–water partition coefficient (Wildman–Crippen LogP) is 8.70. The van der Waals surface area contributed by atoms with Gasteiger partial charge in [0, 0.05) is 6.42 Å². The minimum atomic E-state index is 1.20. The van der Waals surface area contributed by atoms with Gasteiger partial charge in [0.05, 0.1) is 13.6 Å². The number of rotatable bonds is 22. The summed E-state index contributed by atoms with van der Waals surface area (Å²) in [5.41, 5.74) is 0. The largest absolute Gasteiger partial charge is 0.256 e. The molecule has 0 bridgehead atoms. The average Bonchev–Trinajstić information content (AvgIpc) is 3.10. The van der Waals surface area contributed by atoms with E-state index < -0.39 is 0 Å². The molecular formula is C28H55N2+. The Morgan fingerprint density at radius 3 is 1.43 bits per heavy atom. The fourth-order valence-corrected chi connectivity index (χ4v) is 4.62. The molecular weight excluding hydrogens is 364 g/mol. The molecule has 1 rings (SSSR count). The van der Waals surface area contributed by atoms with Crippen molar-refractivity contribution in [2.45, 2.75) is 155 Å². The van der Waals surface area contributed by atoms with E-state index in [0.29, 0.717) is 0 Å². The van der Waals surface area contributed by atoms with Gasteiger partial charge in [-0.05, 0) is 19.3 Å². The first-order valence-electron chi connectivity index (χ1n) is 13.8. The molecule has 1 heterocycles. The van der Waals surface area contributed by atoms with Gasteiger partial charge in [0.1, 0.15) is 12.4 Å². The molecule has 0 aliphatic heterocycles. The molecule has 176 valence electrons. The second-order valence-corrected chi connectivity index (χ2v) is 9.63. The number of aryl methyl sites for hydroxylation is 2. The maximum absolute atomic E-state index is 2.50. The Labute approximate surface area is 189 Å². The molecule has 0 radical (unpaired) electrons. The quantitative estimate of drug-likeness (QED) is 0.131. The van der Waals surface area contributed by atoms with Crippen LogP contribution < -0.4 is 4.57 Å². The van der Waals surface area contributed by atoms with Crippen LogP contribution in [0.5, 0.6) is 0 Å². The van der Waals surface area contributed by atoms with Crippen molar-refractivity contribution in [3.63, 3.8) is 0 Å². The third-order valence-corrected chi connectivity index (χ3v) is 6.72. The van der Waals surface area contributed by atoms with E-state index in [9.17, 15) is 0 Å². The number of imidazole rings is 1. The normalized spacial score (nSPS) is 11.4. The van der Waals surface area contributed by atoms with Crippen molar-refractivity contribution >= 4 is 0 Å². The van der Waals surface area contributed by atoms with Crippen LogP contribution in [0.25, 0.3) is 0 Å². The van der Waals surface area contributed by atoms with Gasteiger partial charge in [-0.25, -0.2) is 9.13 Å². The lowest BCUT2D eigenvalue weighted by Gasteiger charge is -2.05. The van der Waals surface area contributed by atoms with Crippen molar-refractivity contribution < 1.29 is 4.57 Å². The van der Waals surface area contributed by atoms with Gasteiger partial charge in [-0.15, -0.1) is 0 Å². The Balaban J connectivity index is 1.90. The van der Waals surface area contributed by atoms with E-state index in [0.717, 1.165) is 0 Å². The van der Waals surface area contributed by atoms with Crippen LogP contribution in [0, 0.1) is 0 Å². The number of aromatic nitrogens is 2. The molecule has 0 N–H and O–H groups in total. The maximum Gasteiger partial charge on any atom is 0.256 e. The van der Waals surface area contributed by atoms with E-state index in [1.165, 1.54) is 147 Å². The van der Waals surface area contributed by atoms with Crippen LogP contribution in [0.15, 0.2) is 12.4 Å². The molecule has 0 fully saturated rings.